The fourth-order valence-corrected chi connectivity index (χ4v) is 2.00. The molecule has 0 amide bonds. The van der Waals surface area contributed by atoms with Crippen molar-refractivity contribution in [2.24, 2.45) is 0 Å². The van der Waals surface area contributed by atoms with Gasteiger partial charge >= 0.3 is 5.97 Å². The van der Waals surface area contributed by atoms with Crippen molar-refractivity contribution in [2.75, 3.05) is 0 Å². The molecule has 0 fully saturated rings. The first-order chi connectivity index (χ1) is 9.69. The van der Waals surface area contributed by atoms with Gasteiger partial charge in [-0.15, -0.1) is 0 Å². The van der Waals surface area contributed by atoms with Crippen LogP contribution in [0.25, 0.3) is 0 Å². The van der Waals surface area contributed by atoms with E-state index in [1.54, 1.807) is 0 Å². The first-order valence-electron chi connectivity index (χ1n) is 6.80. The average molecular weight is 274 g/mol. The van der Waals surface area contributed by atoms with Crippen molar-refractivity contribution in [3.8, 4) is 0 Å². The van der Waals surface area contributed by atoms with Gasteiger partial charge in [-0.05, 0) is 30.6 Å². The first kappa shape index (κ1) is 14.5. The lowest BCUT2D eigenvalue weighted by molar-refractivity contribution is -0.182. The van der Waals surface area contributed by atoms with Crippen LogP contribution in [0.1, 0.15) is 25.3 Å². The number of esters is 1. The predicted molar refractivity (Wildman–Crippen MR) is 74.0 cm³/mol. The lowest BCUT2D eigenvalue weighted by Gasteiger charge is -2.23. The Kier molecular flexibility index (Phi) is 5.07. The second kappa shape index (κ2) is 7.01. The van der Waals surface area contributed by atoms with Gasteiger partial charge < -0.3 is 9.47 Å². The van der Waals surface area contributed by atoms with Crippen LogP contribution in [0.15, 0.2) is 42.5 Å². The van der Waals surface area contributed by atoms with Crippen molar-refractivity contribution in [1.29, 1.82) is 0 Å². The molecule has 1 aliphatic rings. The normalized spacial score (nSPS) is 21.8. The minimum absolute atomic E-state index is 0.0796. The van der Waals surface area contributed by atoms with E-state index in [1.807, 2.05) is 37.3 Å². The number of ketones is 1. The van der Waals surface area contributed by atoms with E-state index in [2.05, 4.69) is 0 Å². The third-order valence-corrected chi connectivity index (χ3v) is 3.11. The van der Waals surface area contributed by atoms with E-state index < -0.39 is 12.4 Å². The molecule has 106 valence electrons. The molecule has 0 N–H and O–H groups in total. The molecule has 0 saturated carbocycles. The van der Waals surface area contributed by atoms with Crippen LogP contribution in [0.5, 0.6) is 0 Å². The molecule has 1 aliphatic heterocycles. The molecular formula is C16H18O4. The summed E-state index contributed by atoms with van der Waals surface area (Å²) in [5.41, 5.74) is 1.09. The number of carbonyl (C=O) groups is 2. The summed E-state index contributed by atoms with van der Waals surface area (Å²) >= 11 is 0. The van der Waals surface area contributed by atoms with Gasteiger partial charge in [-0.3, -0.25) is 9.59 Å². The molecule has 0 aliphatic carbocycles. The summed E-state index contributed by atoms with van der Waals surface area (Å²) < 4.78 is 10.6. The van der Waals surface area contributed by atoms with Crippen LogP contribution in [0.4, 0.5) is 0 Å². The molecule has 4 heteroatoms. The Bertz CT molecular complexity index is 492. The topological polar surface area (TPSA) is 52.6 Å². The lowest BCUT2D eigenvalue weighted by atomic mass is 10.1. The van der Waals surface area contributed by atoms with Crippen LogP contribution in [0.3, 0.4) is 0 Å². The van der Waals surface area contributed by atoms with Crippen LogP contribution in [0, 0.1) is 0 Å². The molecule has 1 aromatic carbocycles. The Labute approximate surface area is 118 Å². The van der Waals surface area contributed by atoms with E-state index in [-0.39, 0.29) is 11.8 Å². The molecule has 1 heterocycles. The minimum atomic E-state index is -0.749. The van der Waals surface area contributed by atoms with Crippen molar-refractivity contribution in [2.45, 2.75) is 38.6 Å². The van der Waals surface area contributed by atoms with Gasteiger partial charge in [0, 0.05) is 6.42 Å². The van der Waals surface area contributed by atoms with Crippen LogP contribution < -0.4 is 0 Å². The van der Waals surface area contributed by atoms with Gasteiger partial charge in [-0.1, -0.05) is 37.3 Å². The molecule has 0 unspecified atom stereocenters. The Morgan fingerprint density at radius 2 is 2.05 bits per heavy atom. The second-order valence-corrected chi connectivity index (χ2v) is 4.64. The van der Waals surface area contributed by atoms with Crippen molar-refractivity contribution in [1.82, 2.24) is 0 Å². The smallest absolute Gasteiger partial charge is 0.308 e. The average Bonchev–Trinajstić information content (AvgIpc) is 2.48. The molecule has 0 radical (unpaired) electrons. The maximum atomic E-state index is 11.7. The number of hydrogen-bond donors (Lipinski definition) is 0. The highest BCUT2D eigenvalue weighted by Gasteiger charge is 2.25. The molecule has 2 atom stereocenters. The van der Waals surface area contributed by atoms with Crippen molar-refractivity contribution in [3.05, 3.63) is 48.0 Å². The van der Waals surface area contributed by atoms with E-state index in [1.165, 1.54) is 12.2 Å². The quantitative estimate of drug-likeness (QED) is 0.774. The summed E-state index contributed by atoms with van der Waals surface area (Å²) in [7, 11) is 0. The van der Waals surface area contributed by atoms with Crippen molar-refractivity contribution < 1.29 is 19.1 Å². The highest BCUT2D eigenvalue weighted by molar-refractivity contribution is 5.94. The summed E-state index contributed by atoms with van der Waals surface area (Å²) in [5.74, 6) is -0.406. The highest BCUT2D eigenvalue weighted by Crippen LogP contribution is 2.14. The Balaban J connectivity index is 1.80. The highest BCUT2D eigenvalue weighted by atomic mass is 16.7. The molecular weight excluding hydrogens is 256 g/mol. The van der Waals surface area contributed by atoms with Crippen LogP contribution >= 0.6 is 0 Å². The van der Waals surface area contributed by atoms with Gasteiger partial charge in [-0.2, -0.15) is 0 Å². The number of ether oxygens (including phenoxy) is 2. The van der Waals surface area contributed by atoms with Gasteiger partial charge in [-0.25, -0.2) is 0 Å². The van der Waals surface area contributed by atoms with Gasteiger partial charge in [0.05, 0.1) is 0 Å². The first-order valence-corrected chi connectivity index (χ1v) is 6.80. The molecule has 4 nitrogen and oxygen atoms in total. The lowest BCUT2D eigenvalue weighted by Crippen LogP contribution is -2.33. The zero-order valence-electron chi connectivity index (χ0n) is 11.5. The SMILES string of the molecule is CC[C@@H]1O[C@@H](OC(=O)CCc2ccccc2)C=CC1=O. The molecule has 0 spiro atoms. The van der Waals surface area contributed by atoms with Crippen molar-refractivity contribution in [3.63, 3.8) is 0 Å². The van der Waals surface area contributed by atoms with E-state index in [4.69, 9.17) is 9.47 Å². The van der Waals surface area contributed by atoms with E-state index in [0.717, 1.165) is 5.56 Å². The molecule has 1 aromatic rings. The van der Waals surface area contributed by atoms with E-state index in [9.17, 15) is 9.59 Å². The molecule has 0 aromatic heterocycles. The maximum absolute atomic E-state index is 11.7. The summed E-state index contributed by atoms with van der Waals surface area (Å²) in [6.07, 6.45) is 3.14. The van der Waals surface area contributed by atoms with Gasteiger partial charge in [0.1, 0.15) is 6.10 Å². The molecule has 20 heavy (non-hydrogen) atoms. The van der Waals surface area contributed by atoms with E-state index in [0.29, 0.717) is 19.3 Å². The fourth-order valence-electron chi connectivity index (χ4n) is 2.00. The van der Waals surface area contributed by atoms with Gasteiger partial charge in [0.25, 0.3) is 0 Å². The van der Waals surface area contributed by atoms with Crippen LogP contribution in [-0.4, -0.2) is 24.1 Å². The second-order valence-electron chi connectivity index (χ2n) is 4.64. The number of rotatable bonds is 5. The summed E-state index contributed by atoms with van der Waals surface area (Å²) in [4.78, 5) is 23.2. The Morgan fingerprint density at radius 1 is 1.30 bits per heavy atom. The van der Waals surface area contributed by atoms with E-state index >= 15 is 0 Å². The largest absolute Gasteiger partial charge is 0.432 e. The Morgan fingerprint density at radius 3 is 2.75 bits per heavy atom. The standard InChI is InChI=1S/C16H18O4/c1-2-14-13(17)9-11-16(19-14)20-15(18)10-8-12-6-4-3-5-7-12/h3-7,9,11,14,16H,2,8,10H2,1H3/t14-,16-/m0/s1. The maximum Gasteiger partial charge on any atom is 0.308 e. The zero-order chi connectivity index (χ0) is 14.4. The zero-order valence-corrected chi connectivity index (χ0v) is 11.5. The van der Waals surface area contributed by atoms with Gasteiger partial charge in [0.15, 0.2) is 5.78 Å². The fraction of sp³-hybridized carbons (Fsp3) is 0.375. The Hall–Kier alpha value is -1.94. The summed E-state index contributed by atoms with van der Waals surface area (Å²) in [5, 5.41) is 0. The monoisotopic (exact) mass is 274 g/mol. The number of benzene rings is 1. The molecule has 0 bridgehead atoms. The van der Waals surface area contributed by atoms with Crippen LogP contribution in [0.2, 0.25) is 0 Å². The third-order valence-electron chi connectivity index (χ3n) is 3.11. The molecule has 2 rings (SSSR count). The minimum Gasteiger partial charge on any atom is -0.432 e. The third kappa shape index (κ3) is 4.03. The number of aryl methyl sites for hydroxylation is 1. The van der Waals surface area contributed by atoms with Gasteiger partial charge in [0.2, 0.25) is 6.29 Å². The summed E-state index contributed by atoms with van der Waals surface area (Å²) in [6.45, 7) is 1.86. The van der Waals surface area contributed by atoms with Crippen molar-refractivity contribution >= 4 is 11.8 Å². The molecule has 0 saturated heterocycles. The number of carbonyl (C=O) groups excluding carboxylic acids is 2. The number of hydrogen-bond acceptors (Lipinski definition) is 4. The summed E-state index contributed by atoms with van der Waals surface area (Å²) in [6, 6.07) is 9.74. The predicted octanol–water partition coefficient (Wildman–Crippen LogP) is 2.42. The van der Waals surface area contributed by atoms with Crippen LogP contribution in [-0.2, 0) is 25.5 Å².